The fourth-order valence-corrected chi connectivity index (χ4v) is 2.63. The molecule has 0 bridgehead atoms. The number of carbonyl (C=O) groups excluding carboxylic acids is 1. The molecule has 6 nitrogen and oxygen atoms in total. The first kappa shape index (κ1) is 14.7. The van der Waals surface area contributed by atoms with Crippen LogP contribution in [-0.4, -0.2) is 39.7 Å². The van der Waals surface area contributed by atoms with Crippen molar-refractivity contribution >= 4 is 5.91 Å². The van der Waals surface area contributed by atoms with E-state index in [4.69, 9.17) is 4.74 Å². The molecule has 2 heterocycles. The maximum absolute atomic E-state index is 12.4. The third kappa shape index (κ3) is 3.01. The van der Waals surface area contributed by atoms with Gasteiger partial charge in [-0.05, 0) is 38.8 Å². The second-order valence-electron chi connectivity index (χ2n) is 5.57. The smallest absolute Gasteiger partial charge is 0.274 e. The lowest BCUT2D eigenvalue weighted by atomic mass is 10.1. The van der Waals surface area contributed by atoms with Gasteiger partial charge in [0.1, 0.15) is 0 Å². The lowest BCUT2D eigenvalue weighted by Gasteiger charge is -2.19. The molecule has 1 amide bonds. The first-order valence-corrected chi connectivity index (χ1v) is 7.57. The van der Waals surface area contributed by atoms with Crippen LogP contribution in [0.2, 0.25) is 0 Å². The van der Waals surface area contributed by atoms with Gasteiger partial charge in [-0.15, -0.1) is 5.10 Å². The molecule has 1 N–H and O–H groups in total. The van der Waals surface area contributed by atoms with Crippen LogP contribution in [0, 0.1) is 6.92 Å². The predicted octanol–water partition coefficient (Wildman–Crippen LogP) is 1.87. The summed E-state index contributed by atoms with van der Waals surface area (Å²) in [5, 5.41) is 11.6. The van der Waals surface area contributed by atoms with Crippen LogP contribution in [0.4, 0.5) is 0 Å². The summed E-state index contributed by atoms with van der Waals surface area (Å²) in [7, 11) is 0. The fraction of sp³-hybridized carbons (Fsp3) is 0.438. The second-order valence-corrected chi connectivity index (χ2v) is 5.57. The summed E-state index contributed by atoms with van der Waals surface area (Å²) in [6.07, 6.45) is 2.12. The molecule has 1 fully saturated rings. The zero-order valence-electron chi connectivity index (χ0n) is 12.8. The van der Waals surface area contributed by atoms with E-state index in [0.717, 1.165) is 25.1 Å². The van der Waals surface area contributed by atoms with Crippen LogP contribution in [0.5, 0.6) is 0 Å². The van der Waals surface area contributed by atoms with E-state index >= 15 is 0 Å². The van der Waals surface area contributed by atoms with Crippen LogP contribution in [0.3, 0.4) is 0 Å². The summed E-state index contributed by atoms with van der Waals surface area (Å²) in [5.41, 5.74) is 1.80. The maximum atomic E-state index is 12.4. The van der Waals surface area contributed by atoms with Gasteiger partial charge in [0.2, 0.25) is 0 Å². The molecule has 0 saturated carbocycles. The molecule has 22 heavy (non-hydrogen) atoms. The summed E-state index contributed by atoms with van der Waals surface area (Å²) in [4.78, 5) is 13.9. The van der Waals surface area contributed by atoms with Gasteiger partial charge in [0.25, 0.3) is 5.91 Å². The minimum absolute atomic E-state index is 0.0312. The van der Waals surface area contributed by atoms with E-state index in [-0.39, 0.29) is 18.1 Å². The van der Waals surface area contributed by atoms with Gasteiger partial charge in [-0.2, -0.15) is 9.90 Å². The molecule has 1 aromatic carbocycles. The van der Waals surface area contributed by atoms with Gasteiger partial charge in [0.05, 0.1) is 23.5 Å². The van der Waals surface area contributed by atoms with Crippen molar-refractivity contribution in [2.75, 3.05) is 6.61 Å². The summed E-state index contributed by atoms with van der Waals surface area (Å²) >= 11 is 0. The molecule has 1 aliphatic heterocycles. The Bertz CT molecular complexity index is 647. The quantitative estimate of drug-likeness (QED) is 0.936. The van der Waals surface area contributed by atoms with Gasteiger partial charge in [0, 0.05) is 6.61 Å². The summed E-state index contributed by atoms with van der Waals surface area (Å²) in [5.74, 6) is -0.206. The number of carbonyl (C=O) groups is 1. The molecule has 0 radical (unpaired) electrons. The Balaban J connectivity index is 1.74. The Hall–Kier alpha value is -2.21. The average Bonchev–Trinajstić information content (AvgIpc) is 3.17. The highest BCUT2D eigenvalue weighted by atomic mass is 16.5. The molecular formula is C16H20N4O2. The third-order valence-electron chi connectivity index (χ3n) is 3.87. The molecule has 0 spiro atoms. The SMILES string of the molecule is Cc1nn(-c2ccccc2)nc1C(=O)N[C@@H](C)[C@H]1CCCO1. The molecule has 1 saturated heterocycles. The number of rotatable bonds is 4. The van der Waals surface area contributed by atoms with Crippen LogP contribution >= 0.6 is 0 Å². The first-order chi connectivity index (χ1) is 10.6. The number of hydrogen-bond acceptors (Lipinski definition) is 4. The highest BCUT2D eigenvalue weighted by Gasteiger charge is 2.25. The van der Waals surface area contributed by atoms with Crippen molar-refractivity contribution in [3.8, 4) is 5.69 Å². The van der Waals surface area contributed by atoms with Gasteiger partial charge in [0.15, 0.2) is 5.69 Å². The zero-order valence-corrected chi connectivity index (χ0v) is 12.8. The van der Waals surface area contributed by atoms with Crippen molar-refractivity contribution in [1.82, 2.24) is 20.3 Å². The average molecular weight is 300 g/mol. The standard InChI is InChI=1S/C16H20N4O2/c1-11(14-9-6-10-22-14)17-16(21)15-12(2)18-20(19-15)13-7-4-3-5-8-13/h3-5,7-8,11,14H,6,9-10H2,1-2H3,(H,17,21)/t11-,14+/m0/s1. The van der Waals surface area contributed by atoms with E-state index < -0.39 is 0 Å². The fourth-order valence-electron chi connectivity index (χ4n) is 2.63. The Labute approximate surface area is 129 Å². The van der Waals surface area contributed by atoms with E-state index in [0.29, 0.717) is 11.4 Å². The summed E-state index contributed by atoms with van der Waals surface area (Å²) in [6.45, 7) is 4.52. The lowest BCUT2D eigenvalue weighted by Crippen LogP contribution is -2.41. The molecule has 0 aliphatic carbocycles. The minimum Gasteiger partial charge on any atom is -0.376 e. The minimum atomic E-state index is -0.206. The number of aromatic nitrogens is 3. The molecule has 2 aromatic rings. The van der Waals surface area contributed by atoms with Crippen molar-refractivity contribution in [3.63, 3.8) is 0 Å². The Kier molecular flexibility index (Phi) is 4.20. The topological polar surface area (TPSA) is 69.0 Å². The van der Waals surface area contributed by atoms with Gasteiger partial charge < -0.3 is 10.1 Å². The number of nitrogens with one attached hydrogen (secondary N) is 1. The Morgan fingerprint density at radius 3 is 2.82 bits per heavy atom. The van der Waals surface area contributed by atoms with Crippen LogP contribution in [0.15, 0.2) is 30.3 Å². The number of amides is 1. The number of hydrogen-bond donors (Lipinski definition) is 1. The maximum Gasteiger partial charge on any atom is 0.274 e. The van der Waals surface area contributed by atoms with E-state index in [1.54, 1.807) is 6.92 Å². The van der Waals surface area contributed by atoms with E-state index in [1.165, 1.54) is 4.80 Å². The number of ether oxygens (including phenoxy) is 1. The normalized spacial score (nSPS) is 19.1. The lowest BCUT2D eigenvalue weighted by molar-refractivity contribution is 0.0709. The highest BCUT2D eigenvalue weighted by molar-refractivity contribution is 5.93. The Morgan fingerprint density at radius 2 is 2.14 bits per heavy atom. The van der Waals surface area contributed by atoms with Crippen molar-refractivity contribution in [2.24, 2.45) is 0 Å². The van der Waals surface area contributed by atoms with Crippen molar-refractivity contribution < 1.29 is 9.53 Å². The molecule has 3 rings (SSSR count). The second kappa shape index (κ2) is 6.27. The van der Waals surface area contributed by atoms with Crippen molar-refractivity contribution in [1.29, 1.82) is 0 Å². The van der Waals surface area contributed by atoms with Crippen LogP contribution in [0.1, 0.15) is 35.9 Å². The van der Waals surface area contributed by atoms with Crippen molar-refractivity contribution in [3.05, 3.63) is 41.7 Å². The van der Waals surface area contributed by atoms with E-state index in [9.17, 15) is 4.79 Å². The number of benzene rings is 1. The molecule has 116 valence electrons. The summed E-state index contributed by atoms with van der Waals surface area (Å²) in [6, 6.07) is 9.51. The molecule has 2 atom stereocenters. The van der Waals surface area contributed by atoms with Gasteiger partial charge >= 0.3 is 0 Å². The third-order valence-corrected chi connectivity index (χ3v) is 3.87. The zero-order chi connectivity index (χ0) is 15.5. The molecule has 1 aliphatic rings. The van der Waals surface area contributed by atoms with E-state index in [2.05, 4.69) is 15.5 Å². The molecule has 0 unspecified atom stereocenters. The van der Waals surface area contributed by atoms with Crippen molar-refractivity contribution in [2.45, 2.75) is 38.8 Å². The van der Waals surface area contributed by atoms with Gasteiger partial charge in [-0.1, -0.05) is 18.2 Å². The number of nitrogens with zero attached hydrogens (tertiary/aromatic N) is 3. The van der Waals surface area contributed by atoms with Crippen LogP contribution in [0.25, 0.3) is 5.69 Å². The first-order valence-electron chi connectivity index (χ1n) is 7.57. The van der Waals surface area contributed by atoms with Gasteiger partial charge in [-0.25, -0.2) is 0 Å². The van der Waals surface area contributed by atoms with Crippen LogP contribution in [-0.2, 0) is 4.74 Å². The number of para-hydroxylation sites is 1. The summed E-state index contributed by atoms with van der Waals surface area (Å²) < 4.78 is 5.60. The Morgan fingerprint density at radius 1 is 1.36 bits per heavy atom. The predicted molar refractivity (Wildman–Crippen MR) is 82.0 cm³/mol. The van der Waals surface area contributed by atoms with Crippen LogP contribution < -0.4 is 5.32 Å². The van der Waals surface area contributed by atoms with E-state index in [1.807, 2.05) is 37.3 Å². The van der Waals surface area contributed by atoms with Gasteiger partial charge in [-0.3, -0.25) is 4.79 Å². The largest absolute Gasteiger partial charge is 0.376 e. The molecule has 1 aromatic heterocycles. The number of aryl methyl sites for hydroxylation is 1. The molecular weight excluding hydrogens is 280 g/mol. The molecule has 6 heteroatoms. The highest BCUT2D eigenvalue weighted by Crippen LogP contribution is 2.16. The monoisotopic (exact) mass is 300 g/mol.